The third kappa shape index (κ3) is 6.67. The molecule has 0 aliphatic heterocycles. The lowest BCUT2D eigenvalue weighted by atomic mass is 9.92. The van der Waals surface area contributed by atoms with Gasteiger partial charge in [-0.3, -0.25) is 4.79 Å². The summed E-state index contributed by atoms with van der Waals surface area (Å²) in [4.78, 5) is 14.2. The fourth-order valence-corrected chi connectivity index (χ4v) is 1.71. The molecule has 0 saturated heterocycles. The quantitative estimate of drug-likeness (QED) is 0.711. The van der Waals surface area contributed by atoms with E-state index in [0.717, 1.165) is 25.9 Å². The lowest BCUT2D eigenvalue weighted by Gasteiger charge is -2.32. The van der Waals surface area contributed by atoms with Crippen molar-refractivity contribution >= 4 is 5.91 Å². The molecule has 0 bridgehead atoms. The van der Waals surface area contributed by atoms with Crippen molar-refractivity contribution in [1.82, 2.24) is 4.90 Å². The molecule has 0 saturated carbocycles. The van der Waals surface area contributed by atoms with Crippen LogP contribution in [0.3, 0.4) is 0 Å². The molecule has 0 radical (unpaired) electrons. The minimum atomic E-state index is 0.0142. The minimum Gasteiger partial charge on any atom is -0.342 e. The van der Waals surface area contributed by atoms with E-state index in [2.05, 4.69) is 34.6 Å². The average molecular weight is 242 g/mol. The highest BCUT2D eigenvalue weighted by Gasteiger charge is 2.23. The highest BCUT2D eigenvalue weighted by molar-refractivity contribution is 5.76. The number of hydrogen-bond donors (Lipinski definition) is 1. The van der Waals surface area contributed by atoms with Gasteiger partial charge < -0.3 is 10.6 Å². The summed E-state index contributed by atoms with van der Waals surface area (Å²) in [6.45, 7) is 12.8. The first kappa shape index (κ1) is 16.4. The van der Waals surface area contributed by atoms with E-state index in [0.29, 0.717) is 18.9 Å². The number of nitrogens with zero attached hydrogens (tertiary/aromatic N) is 1. The maximum absolute atomic E-state index is 12.2. The lowest BCUT2D eigenvalue weighted by molar-refractivity contribution is -0.133. The third-order valence-corrected chi connectivity index (χ3v) is 3.24. The van der Waals surface area contributed by atoms with Crippen molar-refractivity contribution < 1.29 is 4.79 Å². The fraction of sp³-hybridized carbons (Fsp3) is 0.929. The minimum absolute atomic E-state index is 0.0142. The SMILES string of the molecule is CCCN(CC(C)(C)CN)C(=O)CC(C)CC. The van der Waals surface area contributed by atoms with Gasteiger partial charge >= 0.3 is 0 Å². The molecule has 0 aromatic rings. The van der Waals surface area contributed by atoms with Crippen molar-refractivity contribution in [2.75, 3.05) is 19.6 Å². The van der Waals surface area contributed by atoms with Crippen LogP contribution in [0.5, 0.6) is 0 Å². The van der Waals surface area contributed by atoms with E-state index >= 15 is 0 Å². The van der Waals surface area contributed by atoms with Crippen molar-refractivity contribution in [3.8, 4) is 0 Å². The summed E-state index contributed by atoms with van der Waals surface area (Å²) in [6, 6.07) is 0. The van der Waals surface area contributed by atoms with Gasteiger partial charge in [-0.25, -0.2) is 0 Å². The molecule has 0 spiro atoms. The Balaban J connectivity index is 4.45. The molecule has 1 unspecified atom stereocenters. The van der Waals surface area contributed by atoms with E-state index in [1.165, 1.54) is 0 Å². The number of rotatable bonds is 8. The van der Waals surface area contributed by atoms with Crippen LogP contribution in [-0.4, -0.2) is 30.4 Å². The largest absolute Gasteiger partial charge is 0.342 e. The third-order valence-electron chi connectivity index (χ3n) is 3.24. The smallest absolute Gasteiger partial charge is 0.222 e. The van der Waals surface area contributed by atoms with Gasteiger partial charge in [-0.2, -0.15) is 0 Å². The number of carbonyl (C=O) groups is 1. The molecular weight excluding hydrogens is 212 g/mol. The standard InChI is InChI=1S/C14H30N2O/c1-6-8-16(11-14(4,5)10-15)13(17)9-12(3)7-2/h12H,6-11,15H2,1-5H3. The summed E-state index contributed by atoms with van der Waals surface area (Å²) in [7, 11) is 0. The Morgan fingerprint density at radius 3 is 2.35 bits per heavy atom. The van der Waals surface area contributed by atoms with Gasteiger partial charge in [-0.1, -0.05) is 41.0 Å². The van der Waals surface area contributed by atoms with Gasteiger partial charge in [-0.05, 0) is 24.3 Å². The van der Waals surface area contributed by atoms with Gasteiger partial charge in [0.25, 0.3) is 0 Å². The zero-order valence-electron chi connectivity index (χ0n) is 12.3. The summed E-state index contributed by atoms with van der Waals surface area (Å²) >= 11 is 0. The molecule has 0 aliphatic rings. The van der Waals surface area contributed by atoms with Crippen LogP contribution in [0.25, 0.3) is 0 Å². The second kappa shape index (κ2) is 7.70. The van der Waals surface area contributed by atoms with Crippen LogP contribution in [0, 0.1) is 11.3 Å². The van der Waals surface area contributed by atoms with Crippen LogP contribution in [-0.2, 0) is 4.79 Å². The summed E-state index contributed by atoms with van der Waals surface area (Å²) in [6.07, 6.45) is 2.73. The normalized spacial score (nSPS) is 13.5. The predicted octanol–water partition coefficient (Wildman–Crippen LogP) is 2.65. The number of hydrogen-bond acceptors (Lipinski definition) is 2. The summed E-state index contributed by atoms with van der Waals surface area (Å²) in [5.41, 5.74) is 5.75. The van der Waals surface area contributed by atoms with Crippen LogP contribution < -0.4 is 5.73 Å². The van der Waals surface area contributed by atoms with Gasteiger partial charge in [0.15, 0.2) is 0 Å². The first-order valence-electron chi connectivity index (χ1n) is 6.84. The zero-order chi connectivity index (χ0) is 13.5. The maximum Gasteiger partial charge on any atom is 0.222 e. The number of carbonyl (C=O) groups excluding carboxylic acids is 1. The Morgan fingerprint density at radius 2 is 1.94 bits per heavy atom. The van der Waals surface area contributed by atoms with Gasteiger partial charge in [0.05, 0.1) is 0 Å². The van der Waals surface area contributed by atoms with Gasteiger partial charge in [0.1, 0.15) is 0 Å². The summed E-state index contributed by atoms with van der Waals surface area (Å²) < 4.78 is 0. The van der Waals surface area contributed by atoms with Gasteiger partial charge in [-0.15, -0.1) is 0 Å². The van der Waals surface area contributed by atoms with E-state index in [-0.39, 0.29) is 11.3 Å². The molecule has 0 aliphatic carbocycles. The Labute approximate surface area is 107 Å². The average Bonchev–Trinajstić information content (AvgIpc) is 2.28. The van der Waals surface area contributed by atoms with Crippen molar-refractivity contribution in [2.45, 2.75) is 53.9 Å². The van der Waals surface area contributed by atoms with Gasteiger partial charge in [0, 0.05) is 19.5 Å². The van der Waals surface area contributed by atoms with Gasteiger partial charge in [0.2, 0.25) is 5.91 Å². The Morgan fingerprint density at radius 1 is 1.35 bits per heavy atom. The van der Waals surface area contributed by atoms with Crippen LogP contribution in [0.4, 0.5) is 0 Å². The van der Waals surface area contributed by atoms with E-state index in [9.17, 15) is 4.79 Å². The first-order chi connectivity index (χ1) is 7.86. The van der Waals surface area contributed by atoms with Crippen molar-refractivity contribution in [2.24, 2.45) is 17.1 Å². The summed E-state index contributed by atoms with van der Waals surface area (Å²) in [5.74, 6) is 0.755. The second-order valence-corrected chi connectivity index (χ2v) is 5.90. The Bertz CT molecular complexity index is 226. The topological polar surface area (TPSA) is 46.3 Å². The molecule has 1 amide bonds. The lowest BCUT2D eigenvalue weighted by Crippen LogP contribution is -2.42. The molecule has 0 heterocycles. The van der Waals surface area contributed by atoms with Crippen molar-refractivity contribution in [1.29, 1.82) is 0 Å². The van der Waals surface area contributed by atoms with Crippen LogP contribution in [0.2, 0.25) is 0 Å². The molecule has 3 nitrogen and oxygen atoms in total. The molecular formula is C14H30N2O. The molecule has 17 heavy (non-hydrogen) atoms. The Kier molecular flexibility index (Phi) is 7.44. The summed E-state index contributed by atoms with van der Waals surface area (Å²) in [5, 5.41) is 0. The van der Waals surface area contributed by atoms with E-state index < -0.39 is 0 Å². The number of nitrogens with two attached hydrogens (primary N) is 1. The fourth-order valence-electron chi connectivity index (χ4n) is 1.71. The van der Waals surface area contributed by atoms with Crippen molar-refractivity contribution in [3.05, 3.63) is 0 Å². The predicted molar refractivity (Wildman–Crippen MR) is 73.8 cm³/mol. The molecule has 3 heteroatoms. The van der Waals surface area contributed by atoms with E-state index in [1.54, 1.807) is 0 Å². The Hall–Kier alpha value is -0.570. The molecule has 102 valence electrons. The first-order valence-corrected chi connectivity index (χ1v) is 6.84. The zero-order valence-corrected chi connectivity index (χ0v) is 12.3. The monoisotopic (exact) mass is 242 g/mol. The molecule has 0 aromatic carbocycles. The van der Waals surface area contributed by atoms with E-state index in [4.69, 9.17) is 5.73 Å². The molecule has 0 aromatic heterocycles. The highest BCUT2D eigenvalue weighted by Crippen LogP contribution is 2.17. The highest BCUT2D eigenvalue weighted by atomic mass is 16.2. The second-order valence-electron chi connectivity index (χ2n) is 5.90. The molecule has 1 atom stereocenters. The van der Waals surface area contributed by atoms with E-state index in [1.807, 2.05) is 4.90 Å². The molecule has 0 fully saturated rings. The molecule has 0 rings (SSSR count). The molecule has 2 N–H and O–H groups in total. The van der Waals surface area contributed by atoms with Crippen LogP contribution in [0.1, 0.15) is 53.9 Å². The maximum atomic E-state index is 12.2. The van der Waals surface area contributed by atoms with Crippen molar-refractivity contribution in [3.63, 3.8) is 0 Å². The van der Waals surface area contributed by atoms with Crippen LogP contribution >= 0.6 is 0 Å². The van der Waals surface area contributed by atoms with Crippen LogP contribution in [0.15, 0.2) is 0 Å². The number of amides is 1.